The molecule has 0 aliphatic rings. The molecule has 6 nitrogen and oxygen atoms in total. The van der Waals surface area contributed by atoms with Crippen molar-refractivity contribution in [3.05, 3.63) is 48.4 Å². The van der Waals surface area contributed by atoms with E-state index in [0.717, 1.165) is 10.9 Å². The van der Waals surface area contributed by atoms with Crippen molar-refractivity contribution < 1.29 is 9.47 Å². The highest BCUT2D eigenvalue weighted by Gasteiger charge is 2.08. The molecule has 2 aromatic heterocycles. The number of nitrogens with two attached hydrogens (primary N) is 1. The van der Waals surface area contributed by atoms with Crippen LogP contribution in [0.5, 0.6) is 11.6 Å². The minimum absolute atomic E-state index is 0.273. The number of fused-ring (bicyclic) bond motifs is 1. The van der Waals surface area contributed by atoms with Crippen molar-refractivity contribution in [3.8, 4) is 11.6 Å². The van der Waals surface area contributed by atoms with E-state index in [1.807, 2.05) is 30.3 Å². The predicted molar refractivity (Wildman–Crippen MR) is 79.0 cm³/mol. The fraction of sp³-hybridized carbons (Fsp3) is 0.133. The molecule has 0 unspecified atom stereocenters. The third kappa shape index (κ3) is 2.90. The molecule has 0 saturated carbocycles. The Balaban J connectivity index is 1.98. The number of rotatable bonds is 4. The summed E-state index contributed by atoms with van der Waals surface area (Å²) < 4.78 is 10.8. The predicted octanol–water partition coefficient (Wildman–Crippen LogP) is 2.55. The Morgan fingerprint density at radius 2 is 2.00 bits per heavy atom. The number of anilines is 1. The first-order chi connectivity index (χ1) is 10.3. The van der Waals surface area contributed by atoms with Gasteiger partial charge in [-0.2, -0.15) is 4.98 Å². The molecule has 2 N–H and O–H groups in total. The summed E-state index contributed by atoms with van der Waals surface area (Å²) in [4.78, 5) is 12.7. The molecule has 0 bridgehead atoms. The minimum atomic E-state index is 0.273. The van der Waals surface area contributed by atoms with Gasteiger partial charge in [0.15, 0.2) is 11.6 Å². The van der Waals surface area contributed by atoms with Crippen molar-refractivity contribution in [2.45, 2.75) is 6.61 Å². The molecule has 1 aromatic carbocycles. The Morgan fingerprint density at radius 3 is 2.86 bits per heavy atom. The van der Waals surface area contributed by atoms with E-state index < -0.39 is 0 Å². The summed E-state index contributed by atoms with van der Waals surface area (Å²) in [6.07, 6.45) is 1.72. The second kappa shape index (κ2) is 5.72. The summed E-state index contributed by atoms with van der Waals surface area (Å²) in [5.41, 5.74) is 6.52. The van der Waals surface area contributed by atoms with Crippen molar-refractivity contribution in [2.75, 3.05) is 12.8 Å². The average molecular weight is 282 g/mol. The molecular weight excluding hydrogens is 268 g/mol. The number of nitrogens with zero attached hydrogens (tertiary/aromatic N) is 3. The number of methoxy groups -OCH3 is 1. The van der Waals surface area contributed by atoms with Gasteiger partial charge in [-0.1, -0.05) is 18.2 Å². The summed E-state index contributed by atoms with van der Waals surface area (Å²) >= 11 is 0. The van der Waals surface area contributed by atoms with Crippen LogP contribution in [0.3, 0.4) is 0 Å². The Morgan fingerprint density at radius 1 is 1.14 bits per heavy atom. The number of ether oxygens (including phenoxy) is 2. The standard InChI is InChI=1S/C15H14N4O2/c1-20-9-13-18-12(16)8-14(19-13)21-11-6-2-4-10-5-3-7-17-15(10)11/h2-8H,9H2,1H3,(H2,16,18,19). The van der Waals surface area contributed by atoms with Gasteiger partial charge in [0.2, 0.25) is 5.88 Å². The Bertz CT molecular complexity index is 771. The number of para-hydroxylation sites is 1. The van der Waals surface area contributed by atoms with Crippen LogP contribution in [0.2, 0.25) is 0 Å². The van der Waals surface area contributed by atoms with Gasteiger partial charge < -0.3 is 15.2 Å². The molecule has 21 heavy (non-hydrogen) atoms. The van der Waals surface area contributed by atoms with Crippen LogP contribution in [0.1, 0.15) is 5.82 Å². The summed E-state index contributed by atoms with van der Waals surface area (Å²) in [6.45, 7) is 0.273. The summed E-state index contributed by atoms with van der Waals surface area (Å²) in [7, 11) is 1.57. The van der Waals surface area contributed by atoms with E-state index in [4.69, 9.17) is 15.2 Å². The summed E-state index contributed by atoms with van der Waals surface area (Å²) in [6, 6.07) is 11.1. The number of benzene rings is 1. The number of aromatic nitrogens is 3. The van der Waals surface area contributed by atoms with E-state index in [0.29, 0.717) is 23.3 Å². The lowest BCUT2D eigenvalue weighted by molar-refractivity contribution is 0.177. The van der Waals surface area contributed by atoms with Gasteiger partial charge >= 0.3 is 0 Å². The summed E-state index contributed by atoms with van der Waals surface area (Å²) in [5.74, 6) is 1.79. The van der Waals surface area contributed by atoms with Crippen LogP contribution in [0.4, 0.5) is 5.82 Å². The van der Waals surface area contributed by atoms with Crippen LogP contribution in [0.15, 0.2) is 42.6 Å². The lowest BCUT2D eigenvalue weighted by Crippen LogP contribution is -2.02. The lowest BCUT2D eigenvalue weighted by Gasteiger charge is -2.09. The van der Waals surface area contributed by atoms with E-state index in [1.54, 1.807) is 19.4 Å². The molecule has 0 aliphatic carbocycles. The molecule has 106 valence electrons. The molecule has 0 radical (unpaired) electrons. The van der Waals surface area contributed by atoms with Gasteiger partial charge in [-0.25, -0.2) is 4.98 Å². The second-order valence-corrected chi connectivity index (χ2v) is 4.41. The normalized spacial score (nSPS) is 10.7. The van der Waals surface area contributed by atoms with Gasteiger partial charge in [-0.15, -0.1) is 0 Å². The molecular formula is C15H14N4O2. The van der Waals surface area contributed by atoms with E-state index in [9.17, 15) is 0 Å². The largest absolute Gasteiger partial charge is 0.437 e. The quantitative estimate of drug-likeness (QED) is 0.791. The zero-order valence-electron chi connectivity index (χ0n) is 11.5. The summed E-state index contributed by atoms with van der Waals surface area (Å²) in [5, 5.41) is 0.995. The Hall–Kier alpha value is -2.73. The fourth-order valence-electron chi connectivity index (χ4n) is 2.01. The number of pyridine rings is 1. The van der Waals surface area contributed by atoms with Crippen molar-refractivity contribution in [3.63, 3.8) is 0 Å². The van der Waals surface area contributed by atoms with Crippen molar-refractivity contribution in [2.24, 2.45) is 0 Å². The first-order valence-electron chi connectivity index (χ1n) is 6.40. The number of hydrogen-bond donors (Lipinski definition) is 1. The smallest absolute Gasteiger partial charge is 0.224 e. The van der Waals surface area contributed by atoms with Crippen LogP contribution in [-0.2, 0) is 11.3 Å². The highest BCUT2D eigenvalue weighted by atomic mass is 16.5. The number of hydrogen-bond acceptors (Lipinski definition) is 6. The Kier molecular flexibility index (Phi) is 3.61. The number of nitrogen functional groups attached to an aromatic ring is 1. The van der Waals surface area contributed by atoms with Gasteiger partial charge in [0.1, 0.15) is 17.9 Å². The van der Waals surface area contributed by atoms with Crippen molar-refractivity contribution >= 4 is 16.7 Å². The van der Waals surface area contributed by atoms with E-state index in [1.165, 1.54) is 0 Å². The molecule has 0 saturated heterocycles. The first-order valence-corrected chi connectivity index (χ1v) is 6.40. The maximum Gasteiger partial charge on any atom is 0.224 e. The molecule has 2 heterocycles. The van der Waals surface area contributed by atoms with Gasteiger partial charge in [0.05, 0.1) is 0 Å². The van der Waals surface area contributed by atoms with E-state index in [-0.39, 0.29) is 6.61 Å². The van der Waals surface area contributed by atoms with Crippen molar-refractivity contribution in [1.82, 2.24) is 15.0 Å². The monoisotopic (exact) mass is 282 g/mol. The SMILES string of the molecule is COCc1nc(N)cc(Oc2cccc3cccnc23)n1. The molecule has 0 spiro atoms. The van der Waals surface area contributed by atoms with Crippen LogP contribution in [-0.4, -0.2) is 22.1 Å². The van der Waals surface area contributed by atoms with Gasteiger partial charge in [-0.05, 0) is 12.1 Å². The maximum absolute atomic E-state index is 5.81. The van der Waals surface area contributed by atoms with Crippen LogP contribution >= 0.6 is 0 Å². The first kappa shape index (κ1) is 13.3. The minimum Gasteiger partial charge on any atom is -0.437 e. The zero-order valence-corrected chi connectivity index (χ0v) is 11.5. The molecule has 0 atom stereocenters. The molecule has 3 aromatic rings. The average Bonchev–Trinajstić information content (AvgIpc) is 2.47. The second-order valence-electron chi connectivity index (χ2n) is 4.41. The van der Waals surface area contributed by atoms with Crippen LogP contribution < -0.4 is 10.5 Å². The maximum atomic E-state index is 5.81. The highest BCUT2D eigenvalue weighted by Crippen LogP contribution is 2.27. The molecule has 0 aliphatic heterocycles. The molecule has 0 fully saturated rings. The van der Waals surface area contributed by atoms with E-state index >= 15 is 0 Å². The Labute approximate surface area is 121 Å². The van der Waals surface area contributed by atoms with Gasteiger partial charge in [0.25, 0.3) is 0 Å². The third-order valence-electron chi connectivity index (χ3n) is 2.85. The molecule has 6 heteroatoms. The zero-order chi connectivity index (χ0) is 14.7. The highest BCUT2D eigenvalue weighted by molar-refractivity contribution is 5.84. The fourth-order valence-corrected chi connectivity index (χ4v) is 2.01. The molecule has 0 amide bonds. The topological polar surface area (TPSA) is 83.2 Å². The van der Waals surface area contributed by atoms with Gasteiger partial charge in [0, 0.05) is 24.8 Å². The van der Waals surface area contributed by atoms with Gasteiger partial charge in [-0.3, -0.25) is 4.98 Å². The van der Waals surface area contributed by atoms with E-state index in [2.05, 4.69) is 15.0 Å². The van der Waals surface area contributed by atoms with Crippen LogP contribution in [0, 0.1) is 0 Å². The van der Waals surface area contributed by atoms with Crippen molar-refractivity contribution in [1.29, 1.82) is 0 Å². The molecule has 3 rings (SSSR count). The lowest BCUT2D eigenvalue weighted by atomic mass is 10.2. The third-order valence-corrected chi connectivity index (χ3v) is 2.85. The van der Waals surface area contributed by atoms with Crippen LogP contribution in [0.25, 0.3) is 10.9 Å².